The smallest absolute Gasteiger partial charge is 0.328 e. The molecule has 1 N–H and O–H groups in total. The van der Waals surface area contributed by atoms with E-state index in [1.165, 1.54) is 0 Å². The summed E-state index contributed by atoms with van der Waals surface area (Å²) in [5.74, 6) is 0.659. The molecule has 2 rings (SSSR count). The molecule has 108 valence electrons. The van der Waals surface area contributed by atoms with Crippen LogP contribution >= 0.6 is 0 Å². The largest absolute Gasteiger partial charge is 0.478 e. The van der Waals surface area contributed by atoms with Gasteiger partial charge < -0.3 is 9.84 Å². The fraction of sp³-hybridized carbons (Fsp3) is 0.167. The highest BCUT2D eigenvalue weighted by molar-refractivity contribution is 5.85. The molecule has 21 heavy (non-hydrogen) atoms. The van der Waals surface area contributed by atoms with Crippen molar-refractivity contribution >= 4 is 12.0 Å². The van der Waals surface area contributed by atoms with Gasteiger partial charge in [0.05, 0.1) is 0 Å². The van der Waals surface area contributed by atoms with Gasteiger partial charge in [-0.3, -0.25) is 0 Å². The van der Waals surface area contributed by atoms with Crippen LogP contribution in [-0.2, 0) is 4.79 Å². The standard InChI is InChI=1S/C18H18O3/c1-12-4-5-13(2)17(10-12)21-16-8-6-15(11-14(16)3)7-9-18(19)20/h4-11H,1-3H3,(H,19,20). The quantitative estimate of drug-likeness (QED) is 0.840. The molecule has 2 aromatic rings. The van der Waals surface area contributed by atoms with Crippen LogP contribution in [0.3, 0.4) is 0 Å². The summed E-state index contributed by atoms with van der Waals surface area (Å²) in [7, 11) is 0. The molecule has 0 heterocycles. The molecule has 0 radical (unpaired) electrons. The summed E-state index contributed by atoms with van der Waals surface area (Å²) in [5, 5.41) is 8.64. The number of carboxylic acid groups (broad SMARTS) is 1. The van der Waals surface area contributed by atoms with Crippen molar-refractivity contribution < 1.29 is 14.6 Å². The Hall–Kier alpha value is -2.55. The lowest BCUT2D eigenvalue weighted by Gasteiger charge is -2.12. The minimum Gasteiger partial charge on any atom is -0.478 e. The number of rotatable bonds is 4. The van der Waals surface area contributed by atoms with Gasteiger partial charge in [0.1, 0.15) is 11.5 Å². The van der Waals surface area contributed by atoms with Gasteiger partial charge in [0, 0.05) is 6.08 Å². The highest BCUT2D eigenvalue weighted by Crippen LogP contribution is 2.29. The molecule has 0 amide bonds. The van der Waals surface area contributed by atoms with Crippen LogP contribution in [0.15, 0.2) is 42.5 Å². The van der Waals surface area contributed by atoms with E-state index in [4.69, 9.17) is 9.84 Å². The van der Waals surface area contributed by atoms with E-state index in [9.17, 15) is 4.79 Å². The first kappa shape index (κ1) is 14.9. The van der Waals surface area contributed by atoms with Gasteiger partial charge in [-0.15, -0.1) is 0 Å². The number of hydrogen-bond donors (Lipinski definition) is 1. The van der Waals surface area contributed by atoms with Crippen molar-refractivity contribution in [2.24, 2.45) is 0 Å². The van der Waals surface area contributed by atoms with Crippen molar-refractivity contribution in [3.05, 3.63) is 64.7 Å². The van der Waals surface area contributed by atoms with Crippen LogP contribution < -0.4 is 4.74 Å². The van der Waals surface area contributed by atoms with Gasteiger partial charge in [0.25, 0.3) is 0 Å². The third-order valence-corrected chi connectivity index (χ3v) is 3.18. The van der Waals surface area contributed by atoms with Gasteiger partial charge in [0.2, 0.25) is 0 Å². The first-order valence-electron chi connectivity index (χ1n) is 6.72. The summed E-state index contributed by atoms with van der Waals surface area (Å²) >= 11 is 0. The molecule has 2 aromatic carbocycles. The Kier molecular flexibility index (Phi) is 4.43. The van der Waals surface area contributed by atoms with Crippen LogP contribution in [0.4, 0.5) is 0 Å². The monoisotopic (exact) mass is 282 g/mol. The summed E-state index contributed by atoms with van der Waals surface area (Å²) in [6, 6.07) is 11.7. The van der Waals surface area contributed by atoms with Crippen molar-refractivity contribution in [1.82, 2.24) is 0 Å². The summed E-state index contributed by atoms with van der Waals surface area (Å²) in [4.78, 5) is 10.5. The van der Waals surface area contributed by atoms with E-state index in [1.54, 1.807) is 6.08 Å². The van der Waals surface area contributed by atoms with Crippen LogP contribution in [0, 0.1) is 20.8 Å². The molecule has 0 unspecified atom stereocenters. The summed E-state index contributed by atoms with van der Waals surface area (Å²) < 4.78 is 5.96. The number of carboxylic acids is 1. The van der Waals surface area contributed by atoms with E-state index < -0.39 is 5.97 Å². The second-order valence-electron chi connectivity index (χ2n) is 5.07. The van der Waals surface area contributed by atoms with Crippen molar-refractivity contribution in [3.8, 4) is 11.5 Å². The van der Waals surface area contributed by atoms with E-state index in [0.29, 0.717) is 0 Å². The first-order chi connectivity index (χ1) is 9.95. The number of hydrogen-bond acceptors (Lipinski definition) is 2. The van der Waals surface area contributed by atoms with E-state index in [2.05, 4.69) is 6.07 Å². The van der Waals surface area contributed by atoms with Gasteiger partial charge in [0.15, 0.2) is 0 Å². The SMILES string of the molecule is Cc1ccc(C)c(Oc2ccc(C=CC(=O)O)cc2C)c1. The Morgan fingerprint density at radius 3 is 2.43 bits per heavy atom. The number of ether oxygens (including phenoxy) is 1. The maximum atomic E-state index is 10.5. The molecule has 0 spiro atoms. The molecule has 0 aliphatic heterocycles. The molecule has 0 aliphatic rings. The second kappa shape index (κ2) is 6.27. The van der Waals surface area contributed by atoms with Crippen molar-refractivity contribution in [1.29, 1.82) is 0 Å². The Morgan fingerprint density at radius 1 is 1.00 bits per heavy atom. The predicted octanol–water partition coefficient (Wildman–Crippen LogP) is 4.50. The summed E-state index contributed by atoms with van der Waals surface area (Å²) in [5.41, 5.74) is 4.02. The molecule has 0 bridgehead atoms. The first-order valence-corrected chi connectivity index (χ1v) is 6.72. The zero-order valence-corrected chi connectivity index (χ0v) is 12.4. The maximum Gasteiger partial charge on any atom is 0.328 e. The lowest BCUT2D eigenvalue weighted by atomic mass is 10.1. The van der Waals surface area contributed by atoms with Gasteiger partial charge in [-0.1, -0.05) is 18.2 Å². The minimum absolute atomic E-state index is 0.774. The Labute approximate surface area is 124 Å². The zero-order valence-electron chi connectivity index (χ0n) is 12.4. The highest BCUT2D eigenvalue weighted by Gasteiger charge is 2.05. The second-order valence-corrected chi connectivity index (χ2v) is 5.07. The van der Waals surface area contributed by atoms with Gasteiger partial charge in [-0.25, -0.2) is 4.79 Å². The lowest BCUT2D eigenvalue weighted by molar-refractivity contribution is -0.131. The third kappa shape index (κ3) is 3.96. The molecule has 3 heteroatoms. The number of carbonyl (C=O) groups is 1. The fourth-order valence-corrected chi connectivity index (χ4v) is 1.99. The molecule has 0 saturated carbocycles. The molecular weight excluding hydrogens is 264 g/mol. The van der Waals surface area contributed by atoms with Crippen LogP contribution in [0.2, 0.25) is 0 Å². The zero-order chi connectivity index (χ0) is 15.4. The Morgan fingerprint density at radius 2 is 1.76 bits per heavy atom. The topological polar surface area (TPSA) is 46.5 Å². The van der Waals surface area contributed by atoms with E-state index in [1.807, 2.05) is 51.1 Å². The van der Waals surface area contributed by atoms with Crippen molar-refractivity contribution in [3.63, 3.8) is 0 Å². The molecule has 0 atom stereocenters. The number of aliphatic carboxylic acids is 1. The van der Waals surface area contributed by atoms with Crippen molar-refractivity contribution in [2.45, 2.75) is 20.8 Å². The normalized spacial score (nSPS) is 10.8. The molecule has 3 nitrogen and oxygen atoms in total. The molecule has 0 aliphatic carbocycles. The van der Waals surface area contributed by atoms with Gasteiger partial charge in [-0.2, -0.15) is 0 Å². The average molecular weight is 282 g/mol. The Bertz CT molecular complexity index is 700. The molecule has 0 fully saturated rings. The lowest BCUT2D eigenvalue weighted by Crippen LogP contribution is -1.92. The highest BCUT2D eigenvalue weighted by atomic mass is 16.5. The van der Waals surface area contributed by atoms with Gasteiger partial charge in [-0.05, 0) is 67.3 Å². The van der Waals surface area contributed by atoms with Crippen LogP contribution in [0.25, 0.3) is 6.08 Å². The summed E-state index contributed by atoms with van der Waals surface area (Å²) in [6.45, 7) is 5.98. The fourth-order valence-electron chi connectivity index (χ4n) is 1.99. The van der Waals surface area contributed by atoms with Gasteiger partial charge >= 0.3 is 5.97 Å². The summed E-state index contributed by atoms with van der Waals surface area (Å²) in [6.07, 6.45) is 2.69. The van der Waals surface area contributed by atoms with Crippen LogP contribution in [0.5, 0.6) is 11.5 Å². The Balaban J connectivity index is 2.25. The average Bonchev–Trinajstić information content (AvgIpc) is 2.43. The third-order valence-electron chi connectivity index (χ3n) is 3.18. The maximum absolute atomic E-state index is 10.5. The van der Waals surface area contributed by atoms with Crippen LogP contribution in [-0.4, -0.2) is 11.1 Å². The van der Waals surface area contributed by atoms with E-state index in [-0.39, 0.29) is 0 Å². The predicted molar refractivity (Wildman–Crippen MR) is 83.8 cm³/mol. The van der Waals surface area contributed by atoms with E-state index >= 15 is 0 Å². The minimum atomic E-state index is -0.955. The van der Waals surface area contributed by atoms with Crippen molar-refractivity contribution in [2.75, 3.05) is 0 Å². The van der Waals surface area contributed by atoms with E-state index in [0.717, 1.165) is 39.8 Å². The number of benzene rings is 2. The molecule has 0 aromatic heterocycles. The number of aryl methyl sites for hydroxylation is 3. The van der Waals surface area contributed by atoms with Crippen LogP contribution in [0.1, 0.15) is 22.3 Å². The molecule has 0 saturated heterocycles. The molecular formula is C18H18O3.